The van der Waals surface area contributed by atoms with E-state index in [0.29, 0.717) is 11.5 Å². The van der Waals surface area contributed by atoms with Crippen molar-refractivity contribution in [2.24, 2.45) is 11.7 Å². The van der Waals surface area contributed by atoms with E-state index < -0.39 is 5.76 Å². The SMILES string of the molecule is CC(CCN)CNCCc1ccc2[nH]c(=O)oc2c1. The van der Waals surface area contributed by atoms with Crippen molar-refractivity contribution in [3.63, 3.8) is 0 Å². The summed E-state index contributed by atoms with van der Waals surface area (Å²) in [5.74, 6) is 0.205. The molecular formula is C14H21N3O2. The summed E-state index contributed by atoms with van der Waals surface area (Å²) < 4.78 is 5.04. The first-order valence-corrected chi connectivity index (χ1v) is 6.71. The minimum atomic E-state index is -0.402. The molecule has 2 rings (SSSR count). The number of oxazole rings is 1. The van der Waals surface area contributed by atoms with Gasteiger partial charge in [-0.1, -0.05) is 13.0 Å². The van der Waals surface area contributed by atoms with Crippen LogP contribution in [-0.2, 0) is 6.42 Å². The van der Waals surface area contributed by atoms with Crippen LogP contribution < -0.4 is 16.8 Å². The standard InChI is InChI=1S/C14H21N3O2/c1-10(4-6-15)9-16-7-5-11-2-3-12-13(8-11)19-14(18)17-12/h2-3,8,10,16H,4-7,9,15H2,1H3,(H,17,18). The third kappa shape index (κ3) is 3.94. The van der Waals surface area contributed by atoms with Crippen molar-refractivity contribution in [1.29, 1.82) is 0 Å². The lowest BCUT2D eigenvalue weighted by atomic mass is 10.1. The van der Waals surface area contributed by atoms with E-state index in [-0.39, 0.29) is 0 Å². The highest BCUT2D eigenvalue weighted by Crippen LogP contribution is 2.12. The van der Waals surface area contributed by atoms with Crippen LogP contribution in [0.2, 0.25) is 0 Å². The summed E-state index contributed by atoms with van der Waals surface area (Å²) in [6.45, 7) is 4.83. The Morgan fingerprint density at radius 1 is 1.47 bits per heavy atom. The lowest BCUT2D eigenvalue weighted by Crippen LogP contribution is -2.24. The van der Waals surface area contributed by atoms with Crippen LogP contribution in [0.4, 0.5) is 0 Å². The highest BCUT2D eigenvalue weighted by Gasteiger charge is 2.03. The van der Waals surface area contributed by atoms with Crippen molar-refractivity contribution in [2.75, 3.05) is 19.6 Å². The van der Waals surface area contributed by atoms with Crippen LogP contribution in [0.3, 0.4) is 0 Å². The first kappa shape index (κ1) is 13.8. The molecule has 0 bridgehead atoms. The molecule has 4 N–H and O–H groups in total. The van der Waals surface area contributed by atoms with Crippen LogP contribution in [0.5, 0.6) is 0 Å². The minimum absolute atomic E-state index is 0.402. The number of H-pyrrole nitrogens is 1. The van der Waals surface area contributed by atoms with Crippen molar-refractivity contribution < 1.29 is 4.42 Å². The smallest absolute Gasteiger partial charge is 0.408 e. The van der Waals surface area contributed by atoms with Crippen LogP contribution in [0.15, 0.2) is 27.4 Å². The molecule has 0 aliphatic carbocycles. The van der Waals surface area contributed by atoms with Gasteiger partial charge in [-0.05, 0) is 56.1 Å². The summed E-state index contributed by atoms with van der Waals surface area (Å²) >= 11 is 0. The van der Waals surface area contributed by atoms with E-state index in [1.165, 1.54) is 0 Å². The third-order valence-electron chi connectivity index (χ3n) is 3.23. The Balaban J connectivity index is 1.83. The molecule has 0 spiro atoms. The Morgan fingerprint density at radius 3 is 3.11 bits per heavy atom. The van der Waals surface area contributed by atoms with Gasteiger partial charge in [0.05, 0.1) is 5.52 Å². The number of nitrogens with one attached hydrogen (secondary N) is 2. The van der Waals surface area contributed by atoms with E-state index in [1.54, 1.807) is 0 Å². The molecule has 1 aromatic carbocycles. The summed E-state index contributed by atoms with van der Waals surface area (Å²) in [6, 6.07) is 5.81. The van der Waals surface area contributed by atoms with Gasteiger partial charge in [0.1, 0.15) is 0 Å². The van der Waals surface area contributed by atoms with Gasteiger partial charge in [-0.3, -0.25) is 4.98 Å². The topological polar surface area (TPSA) is 84.0 Å². The Kier molecular flexibility index (Phi) is 4.76. The molecule has 1 unspecified atom stereocenters. The molecule has 0 amide bonds. The Bertz CT molecular complexity index is 573. The third-order valence-corrected chi connectivity index (χ3v) is 3.23. The number of benzene rings is 1. The van der Waals surface area contributed by atoms with E-state index in [4.69, 9.17) is 10.2 Å². The number of nitrogens with two attached hydrogens (primary N) is 1. The highest BCUT2D eigenvalue weighted by atomic mass is 16.4. The van der Waals surface area contributed by atoms with Gasteiger partial charge in [0.15, 0.2) is 5.58 Å². The minimum Gasteiger partial charge on any atom is -0.408 e. The second-order valence-electron chi connectivity index (χ2n) is 4.98. The maximum Gasteiger partial charge on any atom is 0.417 e. The summed E-state index contributed by atoms with van der Waals surface area (Å²) in [4.78, 5) is 13.7. The van der Waals surface area contributed by atoms with Gasteiger partial charge in [0.25, 0.3) is 0 Å². The van der Waals surface area contributed by atoms with E-state index in [1.807, 2.05) is 18.2 Å². The fourth-order valence-corrected chi connectivity index (χ4v) is 2.11. The van der Waals surface area contributed by atoms with Gasteiger partial charge in [-0.15, -0.1) is 0 Å². The summed E-state index contributed by atoms with van der Waals surface area (Å²) in [5, 5.41) is 3.42. The fourth-order valence-electron chi connectivity index (χ4n) is 2.11. The van der Waals surface area contributed by atoms with E-state index >= 15 is 0 Å². The molecule has 0 saturated heterocycles. The normalized spacial score (nSPS) is 12.9. The van der Waals surface area contributed by atoms with Crippen LogP contribution in [0, 0.1) is 5.92 Å². The molecule has 1 aromatic heterocycles. The second kappa shape index (κ2) is 6.54. The molecule has 0 aliphatic rings. The van der Waals surface area contributed by atoms with Gasteiger partial charge < -0.3 is 15.5 Å². The molecule has 0 aliphatic heterocycles. The molecule has 19 heavy (non-hydrogen) atoms. The summed E-state index contributed by atoms with van der Waals surface area (Å²) in [7, 11) is 0. The van der Waals surface area contributed by atoms with Crippen molar-refractivity contribution in [2.45, 2.75) is 19.8 Å². The molecule has 2 aromatic rings. The van der Waals surface area contributed by atoms with E-state index in [9.17, 15) is 4.79 Å². The van der Waals surface area contributed by atoms with Crippen LogP contribution >= 0.6 is 0 Å². The van der Waals surface area contributed by atoms with E-state index in [0.717, 1.165) is 43.6 Å². The van der Waals surface area contributed by atoms with E-state index in [2.05, 4.69) is 17.2 Å². The average Bonchev–Trinajstić information content (AvgIpc) is 2.74. The maximum absolute atomic E-state index is 11.1. The Morgan fingerprint density at radius 2 is 2.32 bits per heavy atom. The predicted molar refractivity (Wildman–Crippen MR) is 76.2 cm³/mol. The number of rotatable bonds is 7. The molecule has 5 heteroatoms. The first-order valence-electron chi connectivity index (χ1n) is 6.71. The van der Waals surface area contributed by atoms with Crippen molar-refractivity contribution in [1.82, 2.24) is 10.3 Å². The lowest BCUT2D eigenvalue weighted by Gasteiger charge is -2.11. The van der Waals surface area contributed by atoms with Crippen molar-refractivity contribution in [3.05, 3.63) is 34.3 Å². The maximum atomic E-state index is 11.1. The van der Waals surface area contributed by atoms with Gasteiger partial charge in [0.2, 0.25) is 0 Å². The monoisotopic (exact) mass is 263 g/mol. The zero-order valence-corrected chi connectivity index (χ0v) is 11.2. The van der Waals surface area contributed by atoms with Crippen molar-refractivity contribution >= 4 is 11.1 Å². The summed E-state index contributed by atoms with van der Waals surface area (Å²) in [5.41, 5.74) is 8.05. The Labute approximate surface area is 112 Å². The molecular weight excluding hydrogens is 242 g/mol. The molecule has 104 valence electrons. The predicted octanol–water partition coefficient (Wildman–Crippen LogP) is 1.24. The van der Waals surface area contributed by atoms with Gasteiger partial charge >= 0.3 is 5.76 Å². The number of aromatic amines is 1. The first-order chi connectivity index (χ1) is 9.19. The van der Waals surface area contributed by atoms with Crippen LogP contribution in [-0.4, -0.2) is 24.6 Å². The fraction of sp³-hybridized carbons (Fsp3) is 0.500. The molecule has 0 fully saturated rings. The number of hydrogen-bond acceptors (Lipinski definition) is 4. The molecule has 5 nitrogen and oxygen atoms in total. The average molecular weight is 263 g/mol. The van der Waals surface area contributed by atoms with Gasteiger partial charge in [-0.25, -0.2) is 4.79 Å². The quantitative estimate of drug-likeness (QED) is 0.656. The molecule has 1 heterocycles. The molecule has 0 saturated carbocycles. The summed E-state index contributed by atoms with van der Waals surface area (Å²) in [6.07, 6.45) is 1.97. The number of fused-ring (bicyclic) bond motifs is 1. The number of aromatic nitrogens is 1. The lowest BCUT2D eigenvalue weighted by molar-refractivity contribution is 0.489. The molecule has 1 atom stereocenters. The zero-order valence-electron chi connectivity index (χ0n) is 11.2. The largest absolute Gasteiger partial charge is 0.417 e. The zero-order chi connectivity index (χ0) is 13.7. The second-order valence-corrected chi connectivity index (χ2v) is 4.98. The number of hydrogen-bond donors (Lipinski definition) is 3. The highest BCUT2D eigenvalue weighted by molar-refractivity contribution is 5.72. The molecule has 0 radical (unpaired) electrons. The van der Waals surface area contributed by atoms with Gasteiger partial charge in [0, 0.05) is 0 Å². The van der Waals surface area contributed by atoms with Gasteiger partial charge in [-0.2, -0.15) is 0 Å². The Hall–Kier alpha value is -1.59. The van der Waals surface area contributed by atoms with Crippen molar-refractivity contribution in [3.8, 4) is 0 Å². The van der Waals surface area contributed by atoms with Crippen LogP contribution in [0.1, 0.15) is 18.9 Å². The van der Waals surface area contributed by atoms with Crippen LogP contribution in [0.25, 0.3) is 11.1 Å².